The Kier molecular flexibility index (Phi) is 8.64. The van der Waals surface area contributed by atoms with E-state index in [0.29, 0.717) is 27.5 Å². The number of aryl methyl sites for hydroxylation is 1. The minimum absolute atomic E-state index is 0.0778. The number of amides is 1. The zero-order valence-corrected chi connectivity index (χ0v) is 25.3. The average molecular weight is 580 g/mol. The van der Waals surface area contributed by atoms with Crippen LogP contribution in [0, 0.1) is 12.3 Å². The van der Waals surface area contributed by atoms with Crippen LogP contribution in [0.25, 0.3) is 11.2 Å². The summed E-state index contributed by atoms with van der Waals surface area (Å²) in [6.07, 6.45) is 0.987. The third kappa shape index (κ3) is 7.39. The van der Waals surface area contributed by atoms with Crippen LogP contribution in [0.5, 0.6) is 5.88 Å². The molecule has 3 N–H and O–H groups in total. The SMILES string of the molecule is C=C(COc1nn2[nH]nnc2c1NC(C)=O)c1ccc(NOS(=O)c2cc(C(C)(C)CC(C)(C)C)ccc2C)cc1. The van der Waals surface area contributed by atoms with Crippen LogP contribution >= 0.6 is 0 Å². The number of anilines is 2. The molecule has 0 bridgehead atoms. The van der Waals surface area contributed by atoms with Crippen molar-refractivity contribution in [1.29, 1.82) is 0 Å². The standard InChI is InChI=1S/C29H37N7O4S/c1-18-9-12-22(29(7,8)17-28(4,5)6)15-24(18)41(38)40-33-23-13-10-21(11-14-23)19(2)16-39-27-25(30-20(3)37)26-31-34-35-36(26)32-27/h9-15,33H,2,16-17H2,1,3-8H3,(H,30,37)(H,31,35). The van der Waals surface area contributed by atoms with Gasteiger partial charge in [-0.15, -0.1) is 14.8 Å². The van der Waals surface area contributed by atoms with E-state index in [0.717, 1.165) is 23.1 Å². The third-order valence-electron chi connectivity index (χ3n) is 6.45. The van der Waals surface area contributed by atoms with E-state index in [-0.39, 0.29) is 29.2 Å². The van der Waals surface area contributed by atoms with Gasteiger partial charge < -0.3 is 10.1 Å². The highest BCUT2D eigenvalue weighted by atomic mass is 32.2. The molecule has 2 aromatic heterocycles. The number of tetrazole rings is 1. The molecule has 0 spiro atoms. The molecule has 4 rings (SSSR count). The molecule has 0 aliphatic carbocycles. The van der Waals surface area contributed by atoms with E-state index < -0.39 is 11.1 Å². The second-order valence-electron chi connectivity index (χ2n) is 11.9. The van der Waals surface area contributed by atoms with Crippen LogP contribution in [-0.4, -0.2) is 42.0 Å². The van der Waals surface area contributed by atoms with E-state index in [9.17, 15) is 9.00 Å². The number of aromatic amines is 1. The molecule has 2 aromatic carbocycles. The maximum absolute atomic E-state index is 13.1. The Labute approximate surface area is 242 Å². The molecule has 0 fully saturated rings. The van der Waals surface area contributed by atoms with Gasteiger partial charge in [-0.05, 0) is 69.9 Å². The summed E-state index contributed by atoms with van der Waals surface area (Å²) in [4.78, 5) is 12.2. The van der Waals surface area contributed by atoms with Crippen LogP contribution in [0.3, 0.4) is 0 Å². The molecule has 0 aliphatic rings. The monoisotopic (exact) mass is 579 g/mol. The molecular weight excluding hydrogens is 542 g/mol. The van der Waals surface area contributed by atoms with E-state index in [1.807, 2.05) is 31.2 Å². The van der Waals surface area contributed by atoms with E-state index in [1.165, 1.54) is 11.6 Å². The van der Waals surface area contributed by atoms with Crippen LogP contribution in [0.2, 0.25) is 0 Å². The summed E-state index contributed by atoms with van der Waals surface area (Å²) in [6, 6.07) is 13.4. The summed E-state index contributed by atoms with van der Waals surface area (Å²) in [5.41, 5.74) is 7.71. The highest BCUT2D eigenvalue weighted by Gasteiger charge is 2.28. The highest BCUT2D eigenvalue weighted by molar-refractivity contribution is 7.80. The number of ether oxygens (including phenoxy) is 1. The number of H-pyrrole nitrogens is 1. The van der Waals surface area contributed by atoms with Crippen LogP contribution < -0.4 is 15.5 Å². The van der Waals surface area contributed by atoms with Gasteiger partial charge in [-0.1, -0.05) is 65.5 Å². The number of nitrogens with one attached hydrogen (secondary N) is 3. The molecule has 0 saturated carbocycles. The zero-order chi connectivity index (χ0) is 29.9. The number of rotatable bonds is 11. The molecule has 1 unspecified atom stereocenters. The Morgan fingerprint density at radius 3 is 2.49 bits per heavy atom. The van der Waals surface area contributed by atoms with Gasteiger partial charge in [0.15, 0.2) is 5.69 Å². The summed E-state index contributed by atoms with van der Waals surface area (Å²) in [6.45, 7) is 18.6. The first-order valence-electron chi connectivity index (χ1n) is 13.2. The van der Waals surface area contributed by atoms with Gasteiger partial charge in [-0.3, -0.25) is 10.3 Å². The maximum atomic E-state index is 13.1. The summed E-state index contributed by atoms with van der Waals surface area (Å²) in [5, 5.41) is 17.0. The van der Waals surface area contributed by atoms with Gasteiger partial charge in [0, 0.05) is 6.92 Å². The quantitative estimate of drug-likeness (QED) is 0.196. The first kappa shape index (κ1) is 29.9. The smallest absolute Gasteiger partial charge is 0.261 e. The average Bonchev–Trinajstić information content (AvgIpc) is 3.47. The lowest BCUT2D eigenvalue weighted by atomic mass is 9.72. The Balaban J connectivity index is 1.36. The van der Waals surface area contributed by atoms with Gasteiger partial charge in [0.05, 0.1) is 10.6 Å². The molecule has 1 amide bonds. The van der Waals surface area contributed by atoms with Gasteiger partial charge in [-0.25, -0.2) is 4.21 Å². The predicted octanol–water partition coefficient (Wildman–Crippen LogP) is 5.59. The van der Waals surface area contributed by atoms with Gasteiger partial charge in [0.1, 0.15) is 6.61 Å². The maximum Gasteiger partial charge on any atom is 0.261 e. The topological polar surface area (TPSA) is 136 Å². The number of nitrogens with zero attached hydrogens (tertiary/aromatic N) is 4. The summed E-state index contributed by atoms with van der Waals surface area (Å²) >= 11 is -1.71. The first-order valence-corrected chi connectivity index (χ1v) is 14.3. The van der Waals surface area contributed by atoms with E-state index in [2.05, 4.69) is 78.7 Å². The van der Waals surface area contributed by atoms with E-state index in [4.69, 9.17) is 9.02 Å². The number of aromatic nitrogens is 5. The largest absolute Gasteiger partial charge is 0.470 e. The molecule has 12 heteroatoms. The minimum atomic E-state index is -1.71. The number of hydrogen-bond acceptors (Lipinski definition) is 8. The lowest BCUT2D eigenvalue weighted by Crippen LogP contribution is -2.25. The molecule has 41 heavy (non-hydrogen) atoms. The number of hydrogen-bond donors (Lipinski definition) is 3. The van der Waals surface area contributed by atoms with Gasteiger partial charge in [0.2, 0.25) is 22.6 Å². The molecular formula is C29H37N7O4S. The van der Waals surface area contributed by atoms with Gasteiger partial charge in [0.25, 0.3) is 5.88 Å². The second-order valence-corrected chi connectivity index (χ2v) is 13.0. The zero-order valence-electron chi connectivity index (χ0n) is 24.5. The van der Waals surface area contributed by atoms with Crippen LogP contribution in [-0.2, 0) is 25.6 Å². The molecule has 0 saturated heterocycles. The van der Waals surface area contributed by atoms with Crippen LogP contribution in [0.15, 0.2) is 53.9 Å². The fourth-order valence-electron chi connectivity index (χ4n) is 4.82. The van der Waals surface area contributed by atoms with Gasteiger partial charge >= 0.3 is 0 Å². The lowest BCUT2D eigenvalue weighted by molar-refractivity contribution is -0.114. The Morgan fingerprint density at radius 2 is 1.83 bits per heavy atom. The minimum Gasteiger partial charge on any atom is -0.470 e. The van der Waals surface area contributed by atoms with E-state index in [1.54, 1.807) is 12.1 Å². The Bertz CT molecular complexity index is 1580. The number of fused-ring (bicyclic) bond motifs is 1. The molecule has 1 atom stereocenters. The van der Waals surface area contributed by atoms with Crippen molar-refractivity contribution in [3.05, 3.63) is 65.7 Å². The highest BCUT2D eigenvalue weighted by Crippen LogP contribution is 2.37. The number of carbonyl (C=O) groups is 1. The fourth-order valence-corrected chi connectivity index (χ4v) is 5.64. The van der Waals surface area contributed by atoms with Crippen molar-refractivity contribution in [1.82, 2.24) is 25.3 Å². The summed E-state index contributed by atoms with van der Waals surface area (Å²) in [5.74, 6) is -0.0946. The first-order chi connectivity index (χ1) is 19.2. The van der Waals surface area contributed by atoms with Crippen molar-refractivity contribution in [2.75, 3.05) is 17.4 Å². The molecule has 4 aromatic rings. The second kappa shape index (κ2) is 11.8. The fraction of sp³-hybridized carbons (Fsp3) is 0.379. The van der Waals surface area contributed by atoms with Crippen molar-refractivity contribution in [2.45, 2.75) is 65.2 Å². The molecule has 2 heterocycles. The van der Waals surface area contributed by atoms with Crippen molar-refractivity contribution >= 4 is 39.6 Å². The molecule has 0 aliphatic heterocycles. The van der Waals surface area contributed by atoms with Crippen molar-refractivity contribution in [3.63, 3.8) is 0 Å². The predicted molar refractivity (Wildman–Crippen MR) is 160 cm³/mol. The van der Waals surface area contributed by atoms with Gasteiger partial charge in [-0.2, -0.15) is 9.50 Å². The normalized spacial score (nSPS) is 12.8. The van der Waals surface area contributed by atoms with Crippen LogP contribution in [0.4, 0.5) is 11.4 Å². The summed E-state index contributed by atoms with van der Waals surface area (Å²) < 4.78 is 25.8. The van der Waals surface area contributed by atoms with Crippen molar-refractivity contribution in [3.8, 4) is 5.88 Å². The van der Waals surface area contributed by atoms with Crippen molar-refractivity contribution in [2.24, 2.45) is 5.41 Å². The third-order valence-corrected chi connectivity index (χ3v) is 7.48. The lowest BCUT2D eigenvalue weighted by Gasteiger charge is -2.33. The summed E-state index contributed by atoms with van der Waals surface area (Å²) in [7, 11) is 0. The van der Waals surface area contributed by atoms with Crippen molar-refractivity contribution < 1.29 is 18.0 Å². The molecule has 11 nitrogen and oxygen atoms in total. The number of benzene rings is 2. The van der Waals surface area contributed by atoms with E-state index >= 15 is 0 Å². The molecule has 218 valence electrons. The van der Waals surface area contributed by atoms with Crippen LogP contribution in [0.1, 0.15) is 64.7 Å². The molecule has 0 radical (unpaired) electrons. The number of carbonyl (C=O) groups excluding carboxylic acids is 1. The Morgan fingerprint density at radius 1 is 1.12 bits per heavy atom. The Hall–Kier alpha value is -4.03.